The van der Waals surface area contributed by atoms with Crippen molar-refractivity contribution in [2.24, 2.45) is 11.3 Å². The van der Waals surface area contributed by atoms with Gasteiger partial charge in [0.25, 0.3) is 0 Å². The second kappa shape index (κ2) is 10.7. The molecule has 174 valence electrons. The minimum absolute atomic E-state index is 0.324. The molecule has 0 spiro atoms. The van der Waals surface area contributed by atoms with E-state index in [1.54, 1.807) is 0 Å². The van der Waals surface area contributed by atoms with Crippen molar-refractivity contribution >= 4 is 23.2 Å². The zero-order valence-electron chi connectivity index (χ0n) is 21.1. The molecule has 0 saturated carbocycles. The predicted octanol–water partition coefficient (Wildman–Crippen LogP) is 7.87. The lowest BCUT2D eigenvalue weighted by Crippen LogP contribution is -2.33. The Morgan fingerprint density at radius 3 is 1.74 bits per heavy atom. The molecule has 3 aromatic rings. The molecule has 0 aliphatic heterocycles. The van der Waals surface area contributed by atoms with Gasteiger partial charge in [-0.25, -0.2) is 0 Å². The smallest absolute Gasteiger partial charge is 0.0850 e. The summed E-state index contributed by atoms with van der Waals surface area (Å²) in [5.41, 5.74) is 3.19. The predicted molar refractivity (Wildman–Crippen MR) is 153 cm³/mol. The molecule has 4 rings (SSSR count). The Kier molecular flexibility index (Phi) is 7.70. The lowest BCUT2D eigenvalue weighted by Gasteiger charge is -2.36. The number of benzene rings is 3. The van der Waals surface area contributed by atoms with Gasteiger partial charge in [-0.3, -0.25) is 0 Å². The Morgan fingerprint density at radius 1 is 0.824 bits per heavy atom. The SMILES string of the molecule is CC1=CCCC(C)(C)C1/C=C/C(C)=C/C[P+](c1ccccc1)(c1ccccc1)c1ccccc1. The van der Waals surface area contributed by atoms with Crippen LogP contribution in [-0.2, 0) is 0 Å². The van der Waals surface area contributed by atoms with E-state index >= 15 is 0 Å². The molecule has 1 atom stereocenters. The summed E-state index contributed by atoms with van der Waals surface area (Å²) in [7, 11) is -1.82. The fourth-order valence-corrected chi connectivity index (χ4v) is 9.52. The fourth-order valence-electron chi connectivity index (χ4n) is 5.39. The van der Waals surface area contributed by atoms with Gasteiger partial charge in [0.2, 0.25) is 0 Å². The van der Waals surface area contributed by atoms with E-state index in [1.807, 2.05) is 0 Å². The third-order valence-electron chi connectivity index (χ3n) is 7.42. The third kappa shape index (κ3) is 5.18. The van der Waals surface area contributed by atoms with Crippen LogP contribution < -0.4 is 15.9 Å². The van der Waals surface area contributed by atoms with E-state index in [0.29, 0.717) is 11.3 Å². The van der Waals surface area contributed by atoms with Gasteiger partial charge < -0.3 is 0 Å². The monoisotopic (exact) mass is 465 g/mol. The summed E-state index contributed by atoms with van der Waals surface area (Å²) in [6.07, 6.45) is 13.2. The van der Waals surface area contributed by atoms with Crippen molar-refractivity contribution in [3.8, 4) is 0 Å². The first-order valence-corrected chi connectivity index (χ1v) is 14.5. The normalized spacial score (nSPS) is 18.6. The molecule has 0 aromatic heterocycles. The first kappa shape index (κ1) is 24.4. The average Bonchev–Trinajstić information content (AvgIpc) is 2.86. The number of rotatable bonds is 7. The standard InChI is InChI=1S/C33H38P/c1-27(22-23-32-28(2)15-14-25-33(32,3)4)24-26-34(29-16-8-5-9-17-29,30-18-10-6-11-19-30)31-20-12-7-13-21-31/h5-13,15-24,32H,14,25-26H2,1-4H3/q+1/b23-22+,27-24+. The van der Waals surface area contributed by atoms with Crippen LogP contribution in [0.25, 0.3) is 0 Å². The van der Waals surface area contributed by atoms with E-state index in [9.17, 15) is 0 Å². The van der Waals surface area contributed by atoms with Crippen LogP contribution in [0.1, 0.15) is 40.5 Å². The maximum Gasteiger partial charge on any atom is 0.115 e. The Morgan fingerprint density at radius 2 is 1.29 bits per heavy atom. The fraction of sp³-hybridized carbons (Fsp3) is 0.273. The molecule has 0 heterocycles. The van der Waals surface area contributed by atoms with Crippen LogP contribution in [0.5, 0.6) is 0 Å². The third-order valence-corrected chi connectivity index (χ3v) is 11.7. The van der Waals surface area contributed by atoms with Gasteiger partial charge in [0.15, 0.2) is 0 Å². The zero-order valence-corrected chi connectivity index (χ0v) is 22.0. The number of allylic oxidation sites excluding steroid dienone is 6. The summed E-state index contributed by atoms with van der Waals surface area (Å²) in [5.74, 6) is 0.515. The molecule has 0 fully saturated rings. The van der Waals surface area contributed by atoms with E-state index in [2.05, 4.69) is 143 Å². The van der Waals surface area contributed by atoms with Gasteiger partial charge in [0.05, 0.1) is 6.16 Å². The highest BCUT2D eigenvalue weighted by molar-refractivity contribution is 7.95. The Bertz CT molecular complexity index is 1050. The molecular weight excluding hydrogens is 427 g/mol. The molecular formula is C33H38P+. The molecule has 0 amide bonds. The first-order valence-electron chi connectivity index (χ1n) is 12.5. The van der Waals surface area contributed by atoms with Crippen LogP contribution in [0.2, 0.25) is 0 Å². The summed E-state index contributed by atoms with van der Waals surface area (Å²) in [4.78, 5) is 0. The van der Waals surface area contributed by atoms with E-state index in [1.165, 1.54) is 39.9 Å². The van der Waals surface area contributed by atoms with Crippen molar-refractivity contribution in [2.45, 2.75) is 40.5 Å². The van der Waals surface area contributed by atoms with Crippen molar-refractivity contribution in [3.05, 3.63) is 126 Å². The van der Waals surface area contributed by atoms with Gasteiger partial charge in [-0.1, -0.05) is 97.8 Å². The van der Waals surface area contributed by atoms with Crippen LogP contribution in [0.15, 0.2) is 126 Å². The van der Waals surface area contributed by atoms with Gasteiger partial charge in [-0.05, 0) is 74.6 Å². The van der Waals surface area contributed by atoms with E-state index in [-0.39, 0.29) is 0 Å². The molecule has 0 saturated heterocycles. The maximum atomic E-state index is 2.48. The van der Waals surface area contributed by atoms with E-state index < -0.39 is 7.26 Å². The molecule has 1 aliphatic rings. The van der Waals surface area contributed by atoms with Crippen molar-refractivity contribution in [1.82, 2.24) is 0 Å². The van der Waals surface area contributed by atoms with Crippen LogP contribution in [-0.4, -0.2) is 6.16 Å². The lowest BCUT2D eigenvalue weighted by molar-refractivity contribution is 0.255. The zero-order chi connectivity index (χ0) is 24.0. The van der Waals surface area contributed by atoms with Crippen LogP contribution in [0.3, 0.4) is 0 Å². The minimum Gasteiger partial charge on any atom is -0.0850 e. The van der Waals surface area contributed by atoms with E-state index in [4.69, 9.17) is 0 Å². The van der Waals surface area contributed by atoms with Gasteiger partial charge >= 0.3 is 0 Å². The van der Waals surface area contributed by atoms with Crippen molar-refractivity contribution < 1.29 is 0 Å². The highest BCUT2D eigenvalue weighted by Crippen LogP contribution is 2.55. The highest BCUT2D eigenvalue weighted by atomic mass is 31.2. The quantitative estimate of drug-likeness (QED) is 0.189. The number of hydrogen-bond donors (Lipinski definition) is 0. The molecule has 0 bridgehead atoms. The molecule has 0 N–H and O–H groups in total. The van der Waals surface area contributed by atoms with Crippen molar-refractivity contribution in [2.75, 3.05) is 6.16 Å². The summed E-state index contributed by atoms with van der Waals surface area (Å²) in [6, 6.07) is 33.4. The second-order valence-corrected chi connectivity index (χ2v) is 13.8. The molecule has 0 nitrogen and oxygen atoms in total. The van der Waals surface area contributed by atoms with E-state index in [0.717, 1.165) is 6.16 Å². The van der Waals surface area contributed by atoms with Crippen LogP contribution >= 0.6 is 7.26 Å². The maximum absolute atomic E-state index is 2.48. The van der Waals surface area contributed by atoms with Crippen LogP contribution in [0, 0.1) is 11.3 Å². The molecule has 34 heavy (non-hydrogen) atoms. The molecule has 0 radical (unpaired) electrons. The summed E-state index contributed by atoms with van der Waals surface area (Å²) in [5, 5.41) is 4.31. The van der Waals surface area contributed by atoms with Gasteiger partial charge in [0.1, 0.15) is 23.2 Å². The molecule has 3 aromatic carbocycles. The summed E-state index contributed by atoms with van der Waals surface area (Å²) in [6.45, 7) is 9.38. The Hall–Kier alpha value is -2.69. The minimum atomic E-state index is -1.82. The van der Waals surface area contributed by atoms with Crippen LogP contribution in [0.4, 0.5) is 0 Å². The molecule has 1 heteroatoms. The van der Waals surface area contributed by atoms with Crippen molar-refractivity contribution in [3.63, 3.8) is 0 Å². The van der Waals surface area contributed by atoms with Gasteiger partial charge in [-0.15, -0.1) is 0 Å². The van der Waals surface area contributed by atoms with Gasteiger partial charge in [-0.2, -0.15) is 0 Å². The second-order valence-electron chi connectivity index (χ2n) is 10.3. The highest BCUT2D eigenvalue weighted by Gasteiger charge is 2.44. The summed E-state index contributed by atoms with van der Waals surface area (Å²) >= 11 is 0. The topological polar surface area (TPSA) is 0 Å². The van der Waals surface area contributed by atoms with Gasteiger partial charge in [0, 0.05) is 5.92 Å². The lowest BCUT2D eigenvalue weighted by atomic mass is 9.68. The van der Waals surface area contributed by atoms with Crippen molar-refractivity contribution in [1.29, 1.82) is 0 Å². The number of hydrogen-bond acceptors (Lipinski definition) is 0. The Labute approximate surface area is 207 Å². The largest absolute Gasteiger partial charge is 0.115 e. The summed E-state index contributed by atoms with van der Waals surface area (Å²) < 4.78 is 0. The average molecular weight is 466 g/mol. The Balaban J connectivity index is 1.75. The molecule has 1 unspecified atom stereocenters. The molecule has 1 aliphatic carbocycles. The first-order chi connectivity index (χ1) is 16.4.